The van der Waals surface area contributed by atoms with E-state index < -0.39 is 5.97 Å². The Balaban J connectivity index is 1.39. The van der Waals surface area contributed by atoms with E-state index in [1.54, 1.807) is 12.1 Å². The molecule has 2 aromatic carbocycles. The zero-order valence-corrected chi connectivity index (χ0v) is 17.0. The highest BCUT2D eigenvalue weighted by Crippen LogP contribution is 2.29. The molecule has 6 nitrogen and oxygen atoms in total. The fourth-order valence-corrected chi connectivity index (χ4v) is 4.44. The Hall–Kier alpha value is -3.15. The first-order valence-corrected chi connectivity index (χ1v) is 10.6. The zero-order valence-electron chi connectivity index (χ0n) is 17.0. The third kappa shape index (κ3) is 4.53. The van der Waals surface area contributed by atoms with Gasteiger partial charge in [0.25, 0.3) is 5.91 Å². The number of anilines is 1. The highest BCUT2D eigenvalue weighted by molar-refractivity contribution is 6.05. The highest BCUT2D eigenvalue weighted by Gasteiger charge is 2.21. The zero-order chi connectivity index (χ0) is 21.1. The summed E-state index contributed by atoms with van der Waals surface area (Å²) in [7, 11) is 0. The van der Waals surface area contributed by atoms with Gasteiger partial charge in [-0.15, -0.1) is 0 Å². The number of nitrogens with one attached hydrogen (secondary N) is 2. The summed E-state index contributed by atoms with van der Waals surface area (Å²) in [6, 6.07) is 13.1. The smallest absolute Gasteiger partial charge is 0.303 e. The van der Waals surface area contributed by atoms with E-state index in [-0.39, 0.29) is 18.2 Å². The lowest BCUT2D eigenvalue weighted by Gasteiger charge is -2.24. The molecule has 3 N–H and O–H groups in total. The van der Waals surface area contributed by atoms with Crippen molar-refractivity contribution in [1.29, 1.82) is 5.41 Å². The summed E-state index contributed by atoms with van der Waals surface area (Å²) in [5.74, 6) is -0.203. The number of carboxylic acids is 1. The maximum atomic E-state index is 12.7. The first-order chi connectivity index (χ1) is 14.5. The van der Waals surface area contributed by atoms with Crippen LogP contribution < -0.4 is 5.32 Å². The van der Waals surface area contributed by atoms with Gasteiger partial charge in [-0.1, -0.05) is 18.2 Å². The van der Waals surface area contributed by atoms with Gasteiger partial charge >= 0.3 is 5.97 Å². The third-order valence-electron chi connectivity index (χ3n) is 6.10. The van der Waals surface area contributed by atoms with Gasteiger partial charge in [0.05, 0.1) is 0 Å². The van der Waals surface area contributed by atoms with Crippen LogP contribution in [0.2, 0.25) is 0 Å². The van der Waals surface area contributed by atoms with Crippen molar-refractivity contribution < 1.29 is 14.7 Å². The number of aryl methyl sites for hydroxylation is 1. The molecule has 2 aromatic rings. The van der Waals surface area contributed by atoms with Gasteiger partial charge in [0.15, 0.2) is 0 Å². The molecule has 1 saturated heterocycles. The van der Waals surface area contributed by atoms with Crippen molar-refractivity contribution in [2.75, 3.05) is 18.4 Å². The van der Waals surface area contributed by atoms with Gasteiger partial charge in [0, 0.05) is 36.3 Å². The van der Waals surface area contributed by atoms with E-state index in [1.165, 1.54) is 11.1 Å². The van der Waals surface area contributed by atoms with Crippen LogP contribution in [0.15, 0.2) is 42.5 Å². The second-order valence-electron chi connectivity index (χ2n) is 8.26. The molecule has 6 heteroatoms. The molecular formula is C24H27N3O3. The van der Waals surface area contributed by atoms with Crippen LogP contribution in [-0.2, 0) is 17.6 Å². The van der Waals surface area contributed by atoms with Crippen LogP contribution in [0.3, 0.4) is 0 Å². The Kier molecular flexibility index (Phi) is 5.84. The number of amidine groups is 1. The molecule has 0 spiro atoms. The Bertz CT molecular complexity index is 962. The predicted octanol–water partition coefficient (Wildman–Crippen LogP) is 3.94. The van der Waals surface area contributed by atoms with E-state index in [4.69, 9.17) is 10.5 Å². The number of rotatable bonds is 5. The first kappa shape index (κ1) is 20.1. The molecule has 1 amide bonds. The van der Waals surface area contributed by atoms with Gasteiger partial charge in [-0.25, -0.2) is 0 Å². The molecule has 2 aliphatic rings. The average Bonchev–Trinajstić information content (AvgIpc) is 3.28. The number of carboxylic acid groups (broad SMARTS) is 1. The van der Waals surface area contributed by atoms with E-state index in [1.807, 2.05) is 30.3 Å². The predicted molar refractivity (Wildman–Crippen MR) is 116 cm³/mol. The molecule has 1 heterocycles. The summed E-state index contributed by atoms with van der Waals surface area (Å²) in [5, 5.41) is 20.3. The summed E-state index contributed by atoms with van der Waals surface area (Å²) < 4.78 is 0. The number of benzene rings is 2. The van der Waals surface area contributed by atoms with Crippen LogP contribution in [0.25, 0.3) is 0 Å². The molecule has 0 bridgehead atoms. The van der Waals surface area contributed by atoms with Crippen molar-refractivity contribution in [3.8, 4) is 0 Å². The highest BCUT2D eigenvalue weighted by atomic mass is 16.4. The normalized spacial score (nSPS) is 18.0. The molecule has 0 aromatic heterocycles. The lowest BCUT2D eigenvalue weighted by atomic mass is 9.82. The SMILES string of the molecule is N=C(c1ccc(C(=O)Nc2ccc3c(c2)CCC(CC(=O)O)C3)cc1)N1CCCC1. The summed E-state index contributed by atoms with van der Waals surface area (Å²) in [4.78, 5) is 25.7. The summed E-state index contributed by atoms with van der Waals surface area (Å²) in [6.07, 6.45) is 4.95. The molecule has 1 atom stereocenters. The summed E-state index contributed by atoms with van der Waals surface area (Å²) in [5.41, 5.74) is 4.51. The number of hydrogen-bond acceptors (Lipinski definition) is 3. The lowest BCUT2D eigenvalue weighted by molar-refractivity contribution is -0.138. The van der Waals surface area contributed by atoms with Gasteiger partial charge in [0.2, 0.25) is 0 Å². The van der Waals surface area contributed by atoms with Crippen LogP contribution in [0, 0.1) is 11.3 Å². The number of nitrogens with zero attached hydrogens (tertiary/aromatic N) is 1. The molecule has 0 saturated carbocycles. The molecule has 1 unspecified atom stereocenters. The van der Waals surface area contributed by atoms with E-state index in [0.717, 1.165) is 56.4 Å². The number of fused-ring (bicyclic) bond motifs is 1. The Morgan fingerprint density at radius 3 is 2.43 bits per heavy atom. The molecule has 1 fully saturated rings. The number of amides is 1. The maximum Gasteiger partial charge on any atom is 0.303 e. The standard InChI is InChI=1S/C24H27N3O3/c25-23(27-11-1-2-12-27)17-5-7-18(8-6-17)24(30)26-21-10-9-19-13-16(14-22(28)29)3-4-20(19)15-21/h5-10,15-16,25H,1-4,11-14H2,(H,26,30)(H,28,29). The third-order valence-corrected chi connectivity index (χ3v) is 6.10. The number of hydrogen-bond donors (Lipinski definition) is 3. The molecule has 30 heavy (non-hydrogen) atoms. The fourth-order valence-electron chi connectivity index (χ4n) is 4.44. The minimum absolute atomic E-state index is 0.172. The van der Waals surface area contributed by atoms with Crippen LogP contribution in [0.5, 0.6) is 0 Å². The molecule has 156 valence electrons. The number of carbonyl (C=O) groups excluding carboxylic acids is 1. The molecule has 0 radical (unpaired) electrons. The largest absolute Gasteiger partial charge is 0.481 e. The molecule has 1 aliphatic carbocycles. The second kappa shape index (κ2) is 8.69. The lowest BCUT2D eigenvalue weighted by Crippen LogP contribution is -2.27. The van der Waals surface area contributed by atoms with E-state index in [2.05, 4.69) is 10.2 Å². The summed E-state index contributed by atoms with van der Waals surface area (Å²) in [6.45, 7) is 1.85. The monoisotopic (exact) mass is 405 g/mol. The van der Waals surface area contributed by atoms with E-state index in [0.29, 0.717) is 11.4 Å². The van der Waals surface area contributed by atoms with E-state index >= 15 is 0 Å². The minimum atomic E-state index is -0.742. The Labute approximate surface area is 176 Å². The van der Waals surface area contributed by atoms with Crippen LogP contribution >= 0.6 is 0 Å². The quantitative estimate of drug-likeness (QED) is 0.519. The van der Waals surface area contributed by atoms with Crippen LogP contribution in [-0.4, -0.2) is 40.8 Å². The fraction of sp³-hybridized carbons (Fsp3) is 0.375. The number of aliphatic carboxylic acids is 1. The van der Waals surface area contributed by atoms with Crippen molar-refractivity contribution in [2.24, 2.45) is 5.92 Å². The topological polar surface area (TPSA) is 93.5 Å². The van der Waals surface area contributed by atoms with Crippen molar-refractivity contribution in [2.45, 2.75) is 38.5 Å². The summed E-state index contributed by atoms with van der Waals surface area (Å²) >= 11 is 0. The molecule has 4 rings (SSSR count). The number of likely N-dealkylation sites (tertiary alicyclic amines) is 1. The van der Waals surface area contributed by atoms with Gasteiger partial charge in [-0.2, -0.15) is 0 Å². The second-order valence-corrected chi connectivity index (χ2v) is 8.26. The molecule has 1 aliphatic heterocycles. The average molecular weight is 405 g/mol. The van der Waals surface area contributed by atoms with E-state index in [9.17, 15) is 9.59 Å². The maximum absolute atomic E-state index is 12.7. The van der Waals surface area contributed by atoms with Crippen LogP contribution in [0.4, 0.5) is 5.69 Å². The van der Waals surface area contributed by atoms with Crippen molar-refractivity contribution in [3.63, 3.8) is 0 Å². The Morgan fingerprint density at radius 2 is 1.73 bits per heavy atom. The van der Waals surface area contributed by atoms with Crippen molar-refractivity contribution >= 4 is 23.4 Å². The Morgan fingerprint density at radius 1 is 1.03 bits per heavy atom. The number of carbonyl (C=O) groups is 2. The van der Waals surface area contributed by atoms with Crippen molar-refractivity contribution in [3.05, 3.63) is 64.7 Å². The van der Waals surface area contributed by atoms with Crippen molar-refractivity contribution in [1.82, 2.24) is 4.90 Å². The van der Waals surface area contributed by atoms with Gasteiger partial charge in [-0.3, -0.25) is 15.0 Å². The first-order valence-electron chi connectivity index (χ1n) is 10.6. The van der Waals surface area contributed by atoms with Gasteiger partial charge < -0.3 is 15.3 Å². The molecular weight excluding hydrogens is 378 g/mol. The van der Waals surface area contributed by atoms with Crippen LogP contribution in [0.1, 0.15) is 52.7 Å². The van der Waals surface area contributed by atoms with Gasteiger partial charge in [-0.05, 0) is 73.4 Å². The minimum Gasteiger partial charge on any atom is -0.481 e. The van der Waals surface area contributed by atoms with Gasteiger partial charge in [0.1, 0.15) is 5.84 Å².